The number of rotatable bonds is 6. The van der Waals surface area contributed by atoms with E-state index in [1.165, 1.54) is 47.3 Å². The molecule has 0 aliphatic rings. The fourth-order valence-corrected chi connectivity index (χ4v) is 4.23. The number of alkyl halides is 3. The minimum atomic E-state index is -4.74. The Morgan fingerprint density at radius 2 is 1.88 bits per heavy atom. The van der Waals surface area contributed by atoms with Gasteiger partial charge in [-0.1, -0.05) is 23.2 Å². The van der Waals surface area contributed by atoms with Gasteiger partial charge in [0.2, 0.25) is 5.95 Å². The molecular formula is C23H17Cl2F3N10O2. The van der Waals surface area contributed by atoms with Gasteiger partial charge in [0.25, 0.3) is 5.56 Å². The molecule has 0 aliphatic heterocycles. The van der Waals surface area contributed by atoms with Gasteiger partial charge in [0.1, 0.15) is 21.9 Å². The van der Waals surface area contributed by atoms with E-state index in [9.17, 15) is 18.0 Å². The molecule has 0 fully saturated rings. The molecule has 0 amide bonds. The Bertz CT molecular complexity index is 1850. The smallest absolute Gasteiger partial charge is 0.417 e. The van der Waals surface area contributed by atoms with Crippen molar-refractivity contribution in [2.24, 2.45) is 19.8 Å². The second-order valence-corrected chi connectivity index (χ2v) is 8.98. The van der Waals surface area contributed by atoms with Crippen LogP contribution in [0.3, 0.4) is 0 Å². The van der Waals surface area contributed by atoms with E-state index in [1.54, 1.807) is 7.05 Å². The summed E-state index contributed by atoms with van der Waals surface area (Å²) >= 11 is 12.7. The topological polar surface area (TPSA) is 144 Å². The lowest BCUT2D eigenvalue weighted by atomic mass is 10.2. The van der Waals surface area contributed by atoms with Crippen LogP contribution in [-0.4, -0.2) is 38.9 Å². The van der Waals surface area contributed by atoms with Gasteiger partial charge in [-0.3, -0.25) is 14.0 Å². The third kappa shape index (κ3) is 4.91. The molecular weight excluding hydrogens is 576 g/mol. The van der Waals surface area contributed by atoms with Crippen LogP contribution in [0.4, 0.5) is 24.8 Å². The fourth-order valence-electron chi connectivity index (χ4n) is 3.73. The molecule has 17 heteroatoms. The summed E-state index contributed by atoms with van der Waals surface area (Å²) in [6.07, 6.45) is 3.81. The van der Waals surface area contributed by atoms with Crippen molar-refractivity contribution >= 4 is 51.8 Å². The molecule has 0 aliphatic carbocycles. The van der Waals surface area contributed by atoms with Crippen molar-refractivity contribution in [1.29, 1.82) is 0 Å². The van der Waals surface area contributed by atoms with Gasteiger partial charge in [-0.25, -0.2) is 15.0 Å². The van der Waals surface area contributed by atoms with Gasteiger partial charge < -0.3 is 20.4 Å². The summed E-state index contributed by atoms with van der Waals surface area (Å²) in [5.74, 6) is 0.0870. The van der Waals surface area contributed by atoms with Crippen molar-refractivity contribution in [2.45, 2.75) is 6.18 Å². The lowest BCUT2D eigenvalue weighted by molar-refractivity contribution is -0.137. The van der Waals surface area contributed by atoms with Gasteiger partial charge in [-0.2, -0.15) is 23.3 Å². The Morgan fingerprint density at radius 1 is 1.12 bits per heavy atom. The third-order valence-corrected chi connectivity index (χ3v) is 6.27. The Balaban J connectivity index is 1.56. The van der Waals surface area contributed by atoms with Crippen molar-refractivity contribution in [3.8, 4) is 11.4 Å². The number of nitrogens with one attached hydrogen (secondary N) is 1. The number of hydrogen-bond donors (Lipinski definition) is 2. The first-order chi connectivity index (χ1) is 19.0. The number of aryl methyl sites for hydroxylation is 2. The first kappa shape index (κ1) is 27.0. The summed E-state index contributed by atoms with van der Waals surface area (Å²) in [5.41, 5.74) is 4.15. The lowest BCUT2D eigenvalue weighted by Gasteiger charge is -2.14. The Hall–Kier alpha value is -4.63. The van der Waals surface area contributed by atoms with E-state index in [1.807, 2.05) is 0 Å². The summed E-state index contributed by atoms with van der Waals surface area (Å²) in [4.78, 5) is 29.7. The number of imidazole rings is 1. The molecule has 0 saturated carbocycles. The molecule has 5 heterocycles. The van der Waals surface area contributed by atoms with Crippen molar-refractivity contribution in [3.05, 3.63) is 81.2 Å². The highest BCUT2D eigenvalue weighted by Crippen LogP contribution is 2.36. The second-order valence-electron chi connectivity index (χ2n) is 8.24. The van der Waals surface area contributed by atoms with E-state index in [0.29, 0.717) is 12.3 Å². The quantitative estimate of drug-likeness (QED) is 0.279. The minimum absolute atomic E-state index is 0.0118. The maximum absolute atomic E-state index is 13.7. The van der Waals surface area contributed by atoms with Crippen LogP contribution in [0.1, 0.15) is 11.3 Å². The van der Waals surface area contributed by atoms with Gasteiger partial charge in [0, 0.05) is 45.1 Å². The third-order valence-electron chi connectivity index (χ3n) is 5.62. The Morgan fingerprint density at radius 3 is 2.52 bits per heavy atom. The van der Waals surface area contributed by atoms with Gasteiger partial charge in [0.05, 0.1) is 23.6 Å². The van der Waals surface area contributed by atoms with Crippen LogP contribution in [0.15, 0.2) is 54.2 Å². The summed E-state index contributed by atoms with van der Waals surface area (Å²) < 4.78 is 50.5. The molecule has 0 radical (unpaired) electrons. The predicted molar refractivity (Wildman–Crippen MR) is 140 cm³/mol. The average Bonchev–Trinajstić information content (AvgIpc) is 3.48. The standard InChI is InChI=1S/C23H17Cl2F3N10O2/c1-36-10-12(7-33-36)38-9-11(23(26,27)28)5-13(21(38)39)34-22-35-20-18(37(22)2)16(24)15(8-32-20)40-14(6-29)17-19(25)31-4-3-30-17/h3-10H,29H2,1-2H3,(H,32,34,35). The van der Waals surface area contributed by atoms with E-state index in [0.717, 1.165) is 10.8 Å². The van der Waals surface area contributed by atoms with Crippen LogP contribution in [0, 0.1) is 0 Å². The van der Waals surface area contributed by atoms with Crippen LogP contribution in [0.25, 0.3) is 22.6 Å². The van der Waals surface area contributed by atoms with Crippen molar-refractivity contribution in [1.82, 2.24) is 38.9 Å². The number of anilines is 2. The molecule has 206 valence electrons. The number of nitrogens with zero attached hydrogens (tertiary/aromatic N) is 8. The molecule has 5 rings (SSSR count). The highest BCUT2D eigenvalue weighted by Gasteiger charge is 2.33. The zero-order chi connectivity index (χ0) is 28.8. The highest BCUT2D eigenvalue weighted by molar-refractivity contribution is 6.36. The van der Waals surface area contributed by atoms with E-state index in [4.69, 9.17) is 33.7 Å². The number of aromatic nitrogens is 8. The molecule has 0 saturated heterocycles. The molecule has 0 unspecified atom stereocenters. The van der Waals surface area contributed by atoms with Crippen molar-refractivity contribution in [3.63, 3.8) is 0 Å². The Kier molecular flexibility index (Phi) is 6.85. The maximum atomic E-state index is 13.7. The average molecular weight is 593 g/mol. The van der Waals surface area contributed by atoms with Gasteiger partial charge in [0.15, 0.2) is 22.3 Å². The molecule has 5 aromatic rings. The van der Waals surface area contributed by atoms with Crippen LogP contribution < -0.4 is 21.3 Å². The van der Waals surface area contributed by atoms with Gasteiger partial charge in [-0.05, 0) is 6.07 Å². The summed E-state index contributed by atoms with van der Waals surface area (Å²) in [6.45, 7) is 0. The first-order valence-electron chi connectivity index (χ1n) is 11.2. The lowest BCUT2D eigenvalue weighted by Crippen LogP contribution is -2.24. The van der Waals surface area contributed by atoms with Gasteiger partial charge in [-0.15, -0.1) is 0 Å². The number of pyridine rings is 2. The summed E-state index contributed by atoms with van der Waals surface area (Å²) in [7, 11) is 3.10. The fraction of sp³-hybridized carbons (Fsp3) is 0.130. The van der Waals surface area contributed by atoms with Crippen molar-refractivity contribution < 1.29 is 17.9 Å². The maximum Gasteiger partial charge on any atom is 0.417 e. The molecule has 0 spiro atoms. The molecule has 5 aromatic heterocycles. The molecule has 0 aromatic carbocycles. The largest absolute Gasteiger partial charge is 0.450 e. The number of halogens is 5. The second kappa shape index (κ2) is 10.2. The normalized spacial score (nSPS) is 12.2. The molecule has 12 nitrogen and oxygen atoms in total. The van der Waals surface area contributed by atoms with Crippen molar-refractivity contribution in [2.75, 3.05) is 5.32 Å². The number of nitrogens with two attached hydrogens (primary N) is 1. The van der Waals surface area contributed by atoms with Gasteiger partial charge >= 0.3 is 6.18 Å². The predicted octanol–water partition coefficient (Wildman–Crippen LogP) is 4.05. The van der Waals surface area contributed by atoms with E-state index in [2.05, 4.69) is 30.4 Å². The molecule has 0 atom stereocenters. The molecule has 40 heavy (non-hydrogen) atoms. The van der Waals surface area contributed by atoms with Crippen LogP contribution in [-0.2, 0) is 20.3 Å². The zero-order valence-electron chi connectivity index (χ0n) is 20.5. The summed E-state index contributed by atoms with van der Waals surface area (Å²) in [6, 6.07) is 0.696. The van der Waals surface area contributed by atoms with E-state index < -0.39 is 23.0 Å². The van der Waals surface area contributed by atoms with E-state index in [-0.39, 0.29) is 50.2 Å². The zero-order valence-corrected chi connectivity index (χ0v) is 22.0. The Labute approximate surface area is 232 Å². The first-order valence-corrected chi connectivity index (χ1v) is 11.9. The van der Waals surface area contributed by atoms with Crippen LogP contribution >= 0.6 is 23.2 Å². The number of ether oxygens (including phenoxy) is 1. The van der Waals surface area contributed by atoms with Crippen LogP contribution in [0.2, 0.25) is 10.2 Å². The van der Waals surface area contributed by atoms with E-state index >= 15 is 0 Å². The molecule has 0 bridgehead atoms. The minimum Gasteiger partial charge on any atom is -0.450 e. The molecule has 3 N–H and O–H groups in total. The highest BCUT2D eigenvalue weighted by atomic mass is 35.5. The number of fused-ring (bicyclic) bond motifs is 1. The van der Waals surface area contributed by atoms with Crippen LogP contribution in [0.5, 0.6) is 5.75 Å². The number of hydrogen-bond acceptors (Lipinski definition) is 9. The SMILES string of the molecule is Cn1cc(-n2cc(C(F)(F)F)cc(Nc3nc4ncc(OC(=CN)c5nccnc5Cl)c(Cl)c4n3C)c2=O)cn1. The monoisotopic (exact) mass is 592 g/mol. The summed E-state index contributed by atoms with van der Waals surface area (Å²) in [5, 5.41) is 6.69.